The summed E-state index contributed by atoms with van der Waals surface area (Å²) in [6.07, 6.45) is 4.92. The average Bonchev–Trinajstić information content (AvgIpc) is 2.40. The Labute approximate surface area is 113 Å². The molecule has 0 aliphatic carbocycles. The van der Waals surface area contributed by atoms with Crippen molar-refractivity contribution in [2.45, 2.75) is 32.1 Å². The number of hydrogen-bond donors (Lipinski definition) is 1. The van der Waals surface area contributed by atoms with Crippen LogP contribution in [0.5, 0.6) is 0 Å². The maximum atomic E-state index is 12.8. The lowest BCUT2D eigenvalue weighted by atomic mass is 10.1. The van der Waals surface area contributed by atoms with Crippen molar-refractivity contribution in [3.8, 4) is 0 Å². The van der Waals surface area contributed by atoms with Gasteiger partial charge in [0.25, 0.3) is 0 Å². The van der Waals surface area contributed by atoms with Crippen molar-refractivity contribution in [3.05, 3.63) is 35.6 Å². The minimum atomic E-state index is -0.309. The molecule has 0 radical (unpaired) electrons. The minimum Gasteiger partial charge on any atom is -0.294 e. The number of piperidine rings is 1. The van der Waals surface area contributed by atoms with Crippen LogP contribution < -0.4 is 5.84 Å². The number of benzene rings is 1. The number of hydrogen-bond acceptors (Lipinski definition) is 2. The number of nitrogens with two attached hydrogens (primary N) is 1. The average molecular weight is 265 g/mol. The highest BCUT2D eigenvalue weighted by atomic mass is 19.1. The van der Waals surface area contributed by atoms with E-state index in [-0.39, 0.29) is 11.6 Å². The molecule has 1 heterocycles. The molecule has 1 saturated heterocycles. The quantitative estimate of drug-likeness (QED) is 0.505. The van der Waals surface area contributed by atoms with Gasteiger partial charge in [0, 0.05) is 18.4 Å². The molecule has 2 rings (SSSR count). The van der Waals surface area contributed by atoms with E-state index < -0.39 is 0 Å². The van der Waals surface area contributed by atoms with Gasteiger partial charge >= 0.3 is 0 Å². The standard InChI is InChI=1S/C15H22FN2O/c16-14-8-6-13(7-9-14)15(19)5-4-12-18(17)10-2-1-3-11-18/h6-9H,1-5,10-12,17H2/q+1. The molecule has 0 aromatic heterocycles. The van der Waals surface area contributed by atoms with Crippen LogP contribution in [-0.2, 0) is 0 Å². The number of nitrogens with zero attached hydrogens (tertiary/aromatic N) is 1. The van der Waals surface area contributed by atoms with Gasteiger partial charge in [0.2, 0.25) is 0 Å². The number of likely N-dealkylation sites (tertiary alicyclic amines) is 1. The molecule has 1 aromatic carbocycles. The van der Waals surface area contributed by atoms with Gasteiger partial charge in [-0.15, -0.1) is 0 Å². The third-order valence-corrected chi connectivity index (χ3v) is 3.88. The molecule has 19 heavy (non-hydrogen) atoms. The molecule has 0 unspecified atom stereocenters. The lowest BCUT2D eigenvalue weighted by Crippen LogP contribution is -2.57. The minimum absolute atomic E-state index is 0.0728. The number of rotatable bonds is 5. The Hall–Kier alpha value is -1.26. The van der Waals surface area contributed by atoms with E-state index in [0.29, 0.717) is 16.6 Å². The van der Waals surface area contributed by atoms with E-state index in [9.17, 15) is 9.18 Å². The van der Waals surface area contributed by atoms with Gasteiger partial charge in [-0.05, 0) is 43.5 Å². The molecular weight excluding hydrogens is 243 g/mol. The van der Waals surface area contributed by atoms with Crippen LogP contribution >= 0.6 is 0 Å². The van der Waals surface area contributed by atoms with E-state index in [2.05, 4.69) is 0 Å². The van der Waals surface area contributed by atoms with Gasteiger partial charge in [-0.1, -0.05) is 0 Å². The van der Waals surface area contributed by atoms with Gasteiger partial charge in [-0.3, -0.25) is 4.79 Å². The topological polar surface area (TPSA) is 43.1 Å². The van der Waals surface area contributed by atoms with Crippen molar-refractivity contribution < 1.29 is 13.8 Å². The summed E-state index contributed by atoms with van der Waals surface area (Å²) in [6.45, 7) is 2.89. The molecular formula is C15H22FN2O+. The Kier molecular flexibility index (Phi) is 4.66. The Morgan fingerprint density at radius 2 is 1.79 bits per heavy atom. The van der Waals surface area contributed by atoms with Crippen molar-refractivity contribution in [3.63, 3.8) is 0 Å². The second-order valence-electron chi connectivity index (χ2n) is 5.48. The monoisotopic (exact) mass is 265 g/mol. The van der Waals surface area contributed by atoms with E-state index in [0.717, 1.165) is 26.1 Å². The van der Waals surface area contributed by atoms with Crippen LogP contribution in [-0.4, -0.2) is 30.0 Å². The molecule has 0 spiro atoms. The first-order valence-electron chi connectivity index (χ1n) is 7.02. The van der Waals surface area contributed by atoms with Crippen molar-refractivity contribution in [1.29, 1.82) is 0 Å². The predicted octanol–water partition coefficient (Wildman–Crippen LogP) is 2.66. The zero-order chi connectivity index (χ0) is 13.7. The zero-order valence-electron chi connectivity index (χ0n) is 11.3. The fourth-order valence-corrected chi connectivity index (χ4v) is 2.70. The van der Waals surface area contributed by atoms with Crippen LogP contribution in [0.3, 0.4) is 0 Å². The first-order chi connectivity index (χ1) is 9.09. The summed E-state index contributed by atoms with van der Waals surface area (Å²) in [6, 6.07) is 5.75. The summed E-state index contributed by atoms with van der Waals surface area (Å²) in [4.78, 5) is 11.9. The van der Waals surface area contributed by atoms with Crippen LogP contribution in [0, 0.1) is 5.82 Å². The molecule has 0 atom stereocenters. The van der Waals surface area contributed by atoms with Crippen LogP contribution in [0.4, 0.5) is 4.39 Å². The highest BCUT2D eigenvalue weighted by molar-refractivity contribution is 5.95. The number of Topliss-reactive ketones (excluding diaryl/α,β-unsaturated/α-hetero) is 1. The summed E-state index contributed by atoms with van der Waals surface area (Å²) in [5, 5.41) is 0. The lowest BCUT2D eigenvalue weighted by molar-refractivity contribution is -0.944. The smallest absolute Gasteiger partial charge is 0.163 e. The van der Waals surface area contributed by atoms with Gasteiger partial charge in [0.05, 0.1) is 19.6 Å². The molecule has 0 amide bonds. The molecule has 0 saturated carbocycles. The van der Waals surface area contributed by atoms with E-state index in [1.807, 2.05) is 0 Å². The fraction of sp³-hybridized carbons (Fsp3) is 0.533. The number of carbonyl (C=O) groups excluding carboxylic acids is 1. The lowest BCUT2D eigenvalue weighted by Gasteiger charge is -2.36. The number of quaternary nitrogens is 1. The number of carbonyl (C=O) groups is 1. The first-order valence-corrected chi connectivity index (χ1v) is 7.02. The van der Waals surface area contributed by atoms with E-state index in [1.54, 1.807) is 12.1 Å². The summed E-state index contributed by atoms with van der Waals surface area (Å²) < 4.78 is 13.4. The molecule has 1 fully saturated rings. The van der Waals surface area contributed by atoms with Crippen molar-refractivity contribution in [2.75, 3.05) is 19.6 Å². The Morgan fingerprint density at radius 1 is 1.16 bits per heavy atom. The van der Waals surface area contributed by atoms with Gasteiger partial charge < -0.3 is 0 Å². The van der Waals surface area contributed by atoms with E-state index >= 15 is 0 Å². The maximum absolute atomic E-state index is 12.8. The molecule has 3 nitrogen and oxygen atoms in total. The maximum Gasteiger partial charge on any atom is 0.163 e. The van der Waals surface area contributed by atoms with Crippen LogP contribution in [0.2, 0.25) is 0 Å². The van der Waals surface area contributed by atoms with Gasteiger partial charge in [0.15, 0.2) is 5.78 Å². The largest absolute Gasteiger partial charge is 0.294 e. The van der Waals surface area contributed by atoms with Gasteiger partial charge in [-0.25, -0.2) is 8.98 Å². The Morgan fingerprint density at radius 3 is 2.42 bits per heavy atom. The zero-order valence-corrected chi connectivity index (χ0v) is 11.3. The second kappa shape index (κ2) is 6.26. The Balaban J connectivity index is 1.79. The van der Waals surface area contributed by atoms with Crippen LogP contribution in [0.15, 0.2) is 24.3 Å². The summed E-state index contributed by atoms with van der Waals surface area (Å²) in [5.41, 5.74) is 0.587. The van der Waals surface area contributed by atoms with Crippen molar-refractivity contribution in [1.82, 2.24) is 0 Å². The Bertz CT molecular complexity index is 424. The third kappa shape index (κ3) is 4.11. The fourth-order valence-electron chi connectivity index (χ4n) is 2.70. The third-order valence-electron chi connectivity index (χ3n) is 3.88. The predicted molar refractivity (Wildman–Crippen MR) is 72.9 cm³/mol. The molecule has 4 heteroatoms. The number of halogens is 1. The summed E-state index contributed by atoms with van der Waals surface area (Å²) in [5.74, 6) is 6.04. The SMILES string of the molecule is N[N+]1(CCCC(=O)c2ccc(F)cc2)CCCCC1. The van der Waals surface area contributed by atoms with E-state index in [4.69, 9.17) is 5.84 Å². The molecule has 104 valence electrons. The molecule has 1 aromatic rings. The van der Waals surface area contributed by atoms with Gasteiger partial charge in [0.1, 0.15) is 5.82 Å². The molecule has 1 aliphatic rings. The second-order valence-corrected chi connectivity index (χ2v) is 5.48. The molecule has 2 N–H and O–H groups in total. The molecule has 1 aliphatic heterocycles. The summed E-state index contributed by atoms with van der Waals surface area (Å²) in [7, 11) is 0. The van der Waals surface area contributed by atoms with Gasteiger partial charge in [-0.2, -0.15) is 5.84 Å². The highest BCUT2D eigenvalue weighted by Crippen LogP contribution is 2.15. The molecule has 0 bridgehead atoms. The normalized spacial score (nSPS) is 18.2. The van der Waals surface area contributed by atoms with Crippen LogP contribution in [0.25, 0.3) is 0 Å². The first kappa shape index (κ1) is 14.2. The highest BCUT2D eigenvalue weighted by Gasteiger charge is 2.25. The van der Waals surface area contributed by atoms with Crippen molar-refractivity contribution >= 4 is 5.78 Å². The van der Waals surface area contributed by atoms with Crippen molar-refractivity contribution in [2.24, 2.45) is 5.84 Å². The number of ketones is 1. The van der Waals surface area contributed by atoms with E-state index in [1.165, 1.54) is 31.4 Å². The summed E-state index contributed by atoms with van der Waals surface area (Å²) >= 11 is 0. The van der Waals surface area contributed by atoms with Crippen LogP contribution in [0.1, 0.15) is 42.5 Å².